The lowest BCUT2D eigenvalue weighted by atomic mass is 9.76. The fourth-order valence-electron chi connectivity index (χ4n) is 2.98. The van der Waals surface area contributed by atoms with Crippen LogP contribution in [0.25, 0.3) is 0 Å². The van der Waals surface area contributed by atoms with Crippen molar-refractivity contribution < 1.29 is 9.52 Å². The number of hydrogen-bond donors (Lipinski definition) is 1. The molecule has 0 bridgehead atoms. The van der Waals surface area contributed by atoms with Crippen LogP contribution in [0.3, 0.4) is 0 Å². The van der Waals surface area contributed by atoms with Crippen molar-refractivity contribution in [2.24, 2.45) is 0 Å². The number of aromatic nitrogens is 2. The molecule has 18 heavy (non-hydrogen) atoms. The summed E-state index contributed by atoms with van der Waals surface area (Å²) in [6, 6.07) is 0. The first-order valence-electron chi connectivity index (χ1n) is 6.75. The maximum Gasteiger partial charge on any atom is 0.224 e. The van der Waals surface area contributed by atoms with Gasteiger partial charge in [-0.15, -0.1) is 10.2 Å². The molecule has 2 aliphatic rings. The van der Waals surface area contributed by atoms with Crippen molar-refractivity contribution in [3.63, 3.8) is 0 Å². The third kappa shape index (κ3) is 2.06. The number of rotatable bonds is 4. The van der Waals surface area contributed by atoms with E-state index in [4.69, 9.17) is 4.42 Å². The number of hydrogen-bond acceptors (Lipinski definition) is 5. The monoisotopic (exact) mass is 251 g/mol. The molecule has 1 N–H and O–H groups in total. The number of aliphatic hydroxyl groups is 1. The molecule has 5 nitrogen and oxygen atoms in total. The Morgan fingerprint density at radius 2 is 2.06 bits per heavy atom. The summed E-state index contributed by atoms with van der Waals surface area (Å²) in [6.07, 6.45) is 4.02. The van der Waals surface area contributed by atoms with Gasteiger partial charge in [-0.1, -0.05) is 0 Å². The van der Waals surface area contributed by atoms with Crippen molar-refractivity contribution in [2.75, 3.05) is 19.6 Å². The van der Waals surface area contributed by atoms with Crippen molar-refractivity contribution in [2.45, 2.75) is 50.5 Å². The predicted octanol–water partition coefficient (Wildman–Crippen LogP) is 1.26. The summed E-state index contributed by atoms with van der Waals surface area (Å²) in [6.45, 7) is 6.85. The van der Waals surface area contributed by atoms with Crippen molar-refractivity contribution in [3.8, 4) is 0 Å². The predicted molar refractivity (Wildman–Crippen MR) is 66.2 cm³/mol. The van der Waals surface area contributed by atoms with Gasteiger partial charge in [-0.2, -0.15) is 0 Å². The smallest absolute Gasteiger partial charge is 0.224 e. The van der Waals surface area contributed by atoms with E-state index in [1.165, 1.54) is 6.42 Å². The van der Waals surface area contributed by atoms with Gasteiger partial charge in [-0.3, -0.25) is 0 Å². The molecule has 0 amide bonds. The van der Waals surface area contributed by atoms with Gasteiger partial charge in [0.05, 0.1) is 11.0 Å². The molecule has 1 saturated heterocycles. The van der Waals surface area contributed by atoms with Gasteiger partial charge in [0, 0.05) is 26.6 Å². The summed E-state index contributed by atoms with van der Waals surface area (Å²) < 4.78 is 5.52. The molecule has 1 saturated carbocycles. The van der Waals surface area contributed by atoms with Crippen LogP contribution in [0.5, 0.6) is 0 Å². The van der Waals surface area contributed by atoms with E-state index in [0.29, 0.717) is 5.89 Å². The second-order valence-corrected chi connectivity index (χ2v) is 6.23. The zero-order valence-corrected chi connectivity index (χ0v) is 11.1. The van der Waals surface area contributed by atoms with Gasteiger partial charge in [-0.25, -0.2) is 0 Å². The average Bonchev–Trinajstić information content (AvgIpc) is 2.67. The fraction of sp³-hybridized carbons (Fsp3) is 0.846. The van der Waals surface area contributed by atoms with Crippen LogP contribution in [0.1, 0.15) is 44.4 Å². The third-order valence-corrected chi connectivity index (χ3v) is 4.37. The van der Waals surface area contributed by atoms with Gasteiger partial charge >= 0.3 is 0 Å². The summed E-state index contributed by atoms with van der Waals surface area (Å²) in [7, 11) is 0. The summed E-state index contributed by atoms with van der Waals surface area (Å²) in [5.41, 5.74) is -0.365. The van der Waals surface area contributed by atoms with Crippen molar-refractivity contribution in [1.82, 2.24) is 15.1 Å². The molecule has 1 aromatic rings. The average molecular weight is 251 g/mol. The topological polar surface area (TPSA) is 62.4 Å². The molecule has 1 aliphatic heterocycles. The molecule has 0 aromatic carbocycles. The van der Waals surface area contributed by atoms with Crippen molar-refractivity contribution >= 4 is 0 Å². The highest BCUT2D eigenvalue weighted by molar-refractivity contribution is 5.11. The third-order valence-electron chi connectivity index (χ3n) is 4.37. The van der Waals surface area contributed by atoms with Crippen molar-refractivity contribution in [3.05, 3.63) is 11.8 Å². The van der Waals surface area contributed by atoms with E-state index in [2.05, 4.69) is 22.0 Å². The summed E-state index contributed by atoms with van der Waals surface area (Å²) in [4.78, 5) is 2.36. The van der Waals surface area contributed by atoms with E-state index in [9.17, 15) is 5.11 Å². The molecule has 5 heteroatoms. The van der Waals surface area contributed by atoms with Crippen LogP contribution in [-0.4, -0.2) is 45.4 Å². The molecule has 0 atom stereocenters. The quantitative estimate of drug-likeness (QED) is 0.872. The normalized spacial score (nSPS) is 25.5. The van der Waals surface area contributed by atoms with E-state index in [1.807, 2.05) is 6.92 Å². The van der Waals surface area contributed by atoms with Crippen LogP contribution in [0.4, 0.5) is 0 Å². The first-order chi connectivity index (χ1) is 8.49. The zero-order valence-electron chi connectivity index (χ0n) is 11.1. The SMILES string of the molecule is Cc1nnc(C2(C)CN(CCC3(O)CCC3)C2)o1. The van der Waals surface area contributed by atoms with Crippen LogP contribution in [-0.2, 0) is 5.41 Å². The molecule has 1 aliphatic carbocycles. The lowest BCUT2D eigenvalue weighted by Crippen LogP contribution is -2.58. The largest absolute Gasteiger partial charge is 0.425 e. The van der Waals surface area contributed by atoms with Crippen molar-refractivity contribution in [1.29, 1.82) is 0 Å². The summed E-state index contributed by atoms with van der Waals surface area (Å²) in [5, 5.41) is 18.1. The van der Waals surface area contributed by atoms with Gasteiger partial charge in [0.15, 0.2) is 0 Å². The fourth-order valence-corrected chi connectivity index (χ4v) is 2.98. The van der Waals surface area contributed by atoms with Gasteiger partial charge in [0.1, 0.15) is 0 Å². The summed E-state index contributed by atoms with van der Waals surface area (Å²) >= 11 is 0. The summed E-state index contributed by atoms with van der Waals surface area (Å²) in [5.74, 6) is 1.38. The van der Waals surface area contributed by atoms with E-state index < -0.39 is 0 Å². The maximum absolute atomic E-state index is 10.1. The van der Waals surface area contributed by atoms with E-state index >= 15 is 0 Å². The van der Waals surface area contributed by atoms with E-state index in [1.54, 1.807) is 0 Å². The van der Waals surface area contributed by atoms with Crippen LogP contribution in [0.2, 0.25) is 0 Å². The Morgan fingerprint density at radius 3 is 2.56 bits per heavy atom. The molecule has 2 fully saturated rings. The highest BCUT2D eigenvalue weighted by Gasteiger charge is 2.45. The Labute approximate surface area is 107 Å². The Bertz CT molecular complexity index is 433. The number of nitrogens with zero attached hydrogens (tertiary/aromatic N) is 3. The van der Waals surface area contributed by atoms with Gasteiger partial charge in [0.25, 0.3) is 0 Å². The lowest BCUT2D eigenvalue weighted by molar-refractivity contribution is -0.0570. The standard InChI is InChI=1S/C13H21N3O2/c1-10-14-15-11(18-10)12(2)8-16(9-12)7-6-13(17)4-3-5-13/h17H,3-9H2,1-2H3. The molecule has 100 valence electrons. The Balaban J connectivity index is 1.50. The van der Waals surface area contributed by atoms with Crippen LogP contribution < -0.4 is 0 Å². The lowest BCUT2D eigenvalue weighted by Gasteiger charge is -2.47. The van der Waals surface area contributed by atoms with Gasteiger partial charge in [0.2, 0.25) is 11.8 Å². The van der Waals surface area contributed by atoms with Gasteiger partial charge < -0.3 is 14.4 Å². The Kier molecular flexibility index (Phi) is 2.71. The molecule has 0 radical (unpaired) electrons. The molecule has 0 spiro atoms. The van der Waals surface area contributed by atoms with Gasteiger partial charge in [-0.05, 0) is 32.6 Å². The molecule has 0 unspecified atom stereocenters. The second-order valence-electron chi connectivity index (χ2n) is 6.23. The molecular weight excluding hydrogens is 230 g/mol. The highest BCUT2D eigenvalue weighted by atomic mass is 16.4. The molecule has 1 aromatic heterocycles. The zero-order chi connectivity index (χ0) is 12.8. The van der Waals surface area contributed by atoms with Crippen LogP contribution >= 0.6 is 0 Å². The Morgan fingerprint density at radius 1 is 1.33 bits per heavy atom. The van der Waals surface area contributed by atoms with E-state index in [-0.39, 0.29) is 11.0 Å². The first-order valence-corrected chi connectivity index (χ1v) is 6.75. The molecule has 3 rings (SSSR count). The van der Waals surface area contributed by atoms with E-state index in [0.717, 1.165) is 44.8 Å². The Hall–Kier alpha value is -0.940. The number of likely N-dealkylation sites (tertiary alicyclic amines) is 1. The minimum Gasteiger partial charge on any atom is -0.425 e. The first kappa shape index (κ1) is 12.1. The maximum atomic E-state index is 10.1. The second kappa shape index (κ2) is 4.03. The molecular formula is C13H21N3O2. The van der Waals surface area contributed by atoms with Crippen LogP contribution in [0.15, 0.2) is 4.42 Å². The molecule has 2 heterocycles. The minimum atomic E-state index is -0.368. The minimum absolute atomic E-state index is 0.00346. The van der Waals surface area contributed by atoms with Crippen LogP contribution in [0, 0.1) is 6.92 Å². The number of aryl methyl sites for hydroxylation is 1. The highest BCUT2D eigenvalue weighted by Crippen LogP contribution is 2.37.